The van der Waals surface area contributed by atoms with Gasteiger partial charge in [-0.2, -0.15) is 0 Å². The third-order valence-corrected chi connectivity index (χ3v) is 11.9. The lowest BCUT2D eigenvalue weighted by Crippen LogP contribution is -2.30. The Morgan fingerprint density at radius 1 is 0.455 bits per heavy atom. The zero-order valence-corrected chi connectivity index (χ0v) is 29.2. The van der Waals surface area contributed by atoms with Crippen molar-refractivity contribution in [3.05, 3.63) is 186 Å². The van der Waals surface area contributed by atoms with Crippen molar-refractivity contribution >= 4 is 54.6 Å². The SMILES string of the molecule is c1ccc(-c2ccc(-c3nc(-n4c5cccc6c5c5c7c(cccc7ccc54)C64c5cccnc5-c5ncccc54)nc4c3oc3ccccc34)cc2)cc1. The molecule has 0 amide bonds. The van der Waals surface area contributed by atoms with E-state index in [1.165, 1.54) is 38.2 Å². The van der Waals surface area contributed by atoms with Crippen LogP contribution >= 0.6 is 0 Å². The van der Waals surface area contributed by atoms with Crippen LogP contribution in [0.15, 0.2) is 168 Å². The maximum atomic E-state index is 6.57. The minimum atomic E-state index is -0.600. The number of pyridine rings is 2. The Balaban J connectivity index is 1.15. The Morgan fingerprint density at radius 3 is 1.91 bits per heavy atom. The third-order valence-electron chi connectivity index (χ3n) is 11.9. The van der Waals surface area contributed by atoms with E-state index in [0.29, 0.717) is 11.5 Å². The van der Waals surface area contributed by atoms with Gasteiger partial charge in [0.25, 0.3) is 0 Å². The minimum Gasteiger partial charge on any atom is -0.452 e. The summed E-state index contributed by atoms with van der Waals surface area (Å²) in [4.78, 5) is 20.7. The molecule has 0 aliphatic heterocycles. The Hall–Kier alpha value is -7.44. The maximum Gasteiger partial charge on any atom is 0.236 e. The van der Waals surface area contributed by atoms with E-state index >= 15 is 0 Å². The van der Waals surface area contributed by atoms with Gasteiger partial charge in [-0.25, -0.2) is 9.97 Å². The summed E-state index contributed by atoms with van der Waals surface area (Å²) in [7, 11) is 0. The van der Waals surface area contributed by atoms with Gasteiger partial charge in [-0.05, 0) is 80.6 Å². The third kappa shape index (κ3) is 3.59. The molecule has 55 heavy (non-hydrogen) atoms. The summed E-state index contributed by atoms with van der Waals surface area (Å²) in [6.45, 7) is 0. The van der Waals surface area contributed by atoms with Crippen LogP contribution in [0.5, 0.6) is 0 Å². The van der Waals surface area contributed by atoms with Crippen molar-refractivity contribution in [1.82, 2.24) is 24.5 Å². The van der Waals surface area contributed by atoms with Crippen LogP contribution in [-0.4, -0.2) is 24.5 Å². The smallest absolute Gasteiger partial charge is 0.236 e. The number of rotatable bonds is 3. The van der Waals surface area contributed by atoms with Crippen molar-refractivity contribution in [2.24, 2.45) is 0 Å². The van der Waals surface area contributed by atoms with Gasteiger partial charge in [-0.3, -0.25) is 14.5 Å². The molecule has 6 nitrogen and oxygen atoms in total. The van der Waals surface area contributed by atoms with E-state index in [1.54, 1.807) is 0 Å². The summed E-state index contributed by atoms with van der Waals surface area (Å²) < 4.78 is 8.83. The topological polar surface area (TPSA) is 69.6 Å². The highest BCUT2D eigenvalue weighted by molar-refractivity contribution is 6.26. The summed E-state index contributed by atoms with van der Waals surface area (Å²) in [5.41, 5.74) is 14.4. The zero-order chi connectivity index (χ0) is 35.8. The highest BCUT2D eigenvalue weighted by atomic mass is 16.3. The van der Waals surface area contributed by atoms with Gasteiger partial charge in [-0.1, -0.05) is 115 Å². The average Bonchev–Trinajstić information content (AvgIpc) is 3.90. The molecule has 0 unspecified atom stereocenters. The predicted octanol–water partition coefficient (Wildman–Crippen LogP) is 11.4. The van der Waals surface area contributed by atoms with Crippen molar-refractivity contribution in [2.45, 2.75) is 5.41 Å². The first-order valence-electron chi connectivity index (χ1n) is 18.6. The molecule has 0 fully saturated rings. The van der Waals surface area contributed by atoms with E-state index < -0.39 is 5.41 Å². The summed E-state index contributed by atoms with van der Waals surface area (Å²) in [5, 5.41) is 5.79. The van der Waals surface area contributed by atoms with Crippen molar-refractivity contribution in [3.8, 4) is 39.7 Å². The number of aromatic nitrogens is 5. The number of benzene rings is 6. The van der Waals surface area contributed by atoms with E-state index in [2.05, 4.69) is 132 Å². The molecule has 0 atom stereocenters. The van der Waals surface area contributed by atoms with E-state index in [0.717, 1.165) is 66.9 Å². The number of furan rings is 1. The maximum absolute atomic E-state index is 6.57. The molecule has 2 aliphatic carbocycles. The number of hydrogen-bond donors (Lipinski definition) is 0. The van der Waals surface area contributed by atoms with Crippen molar-refractivity contribution in [2.75, 3.05) is 0 Å². The molecule has 0 radical (unpaired) electrons. The largest absolute Gasteiger partial charge is 0.452 e. The highest BCUT2D eigenvalue weighted by Gasteiger charge is 2.51. The van der Waals surface area contributed by atoms with Crippen LogP contribution in [-0.2, 0) is 5.41 Å². The monoisotopic (exact) mass is 701 g/mol. The molecule has 0 saturated carbocycles. The molecule has 254 valence electrons. The second kappa shape index (κ2) is 10.4. The van der Waals surface area contributed by atoms with Crippen molar-refractivity contribution in [3.63, 3.8) is 0 Å². The molecule has 5 heterocycles. The summed E-state index contributed by atoms with van der Waals surface area (Å²) in [5.74, 6) is 0.599. The normalized spacial score (nSPS) is 13.6. The van der Waals surface area contributed by atoms with E-state index in [9.17, 15) is 0 Å². The van der Waals surface area contributed by atoms with Gasteiger partial charge in [0.05, 0.1) is 27.8 Å². The first-order chi connectivity index (χ1) is 27.3. The van der Waals surface area contributed by atoms with Crippen LogP contribution in [0.25, 0.3) is 94.4 Å². The van der Waals surface area contributed by atoms with Gasteiger partial charge in [0.2, 0.25) is 5.95 Å². The fourth-order valence-corrected chi connectivity index (χ4v) is 9.76. The standard InChI is InChI=1S/C49H27N5O/c1-2-10-28(11-3-1)29-20-22-31(23-21-29)43-47-44(32-13-4-5-19-39(32)55-47)53-48(52-43)54-37-18-7-15-34-41(37)42-38(54)25-24-30-12-6-14-33(40(30)42)49(34)35-16-8-26-50-45(35)46-36(49)17-9-27-51-46/h1-27H. The molecule has 11 aromatic rings. The Morgan fingerprint density at radius 2 is 1.11 bits per heavy atom. The van der Waals surface area contributed by atoms with Crippen LogP contribution in [0.1, 0.15) is 22.3 Å². The Kier molecular flexibility index (Phi) is 5.48. The predicted molar refractivity (Wildman–Crippen MR) is 218 cm³/mol. The van der Waals surface area contributed by atoms with Crippen LogP contribution < -0.4 is 0 Å². The molecule has 13 rings (SSSR count). The fraction of sp³-hybridized carbons (Fsp3) is 0.0204. The second-order valence-electron chi connectivity index (χ2n) is 14.5. The number of fused-ring (bicyclic) bond motifs is 10. The average molecular weight is 702 g/mol. The molecular weight excluding hydrogens is 675 g/mol. The minimum absolute atomic E-state index is 0.599. The molecule has 6 heteroatoms. The fourth-order valence-electron chi connectivity index (χ4n) is 9.76. The van der Waals surface area contributed by atoms with Gasteiger partial charge in [0.15, 0.2) is 5.58 Å². The van der Waals surface area contributed by atoms with Gasteiger partial charge in [0, 0.05) is 34.1 Å². The van der Waals surface area contributed by atoms with Gasteiger partial charge >= 0.3 is 0 Å². The van der Waals surface area contributed by atoms with Crippen molar-refractivity contribution in [1.29, 1.82) is 0 Å². The number of para-hydroxylation sites is 1. The molecule has 5 aromatic heterocycles. The molecule has 6 aromatic carbocycles. The van der Waals surface area contributed by atoms with Gasteiger partial charge in [-0.15, -0.1) is 0 Å². The molecule has 0 bridgehead atoms. The van der Waals surface area contributed by atoms with Crippen LogP contribution in [0.2, 0.25) is 0 Å². The van der Waals surface area contributed by atoms with Crippen LogP contribution in [0.4, 0.5) is 0 Å². The first-order valence-corrected chi connectivity index (χ1v) is 18.6. The lowest BCUT2D eigenvalue weighted by atomic mass is 9.63. The van der Waals surface area contributed by atoms with Crippen molar-refractivity contribution < 1.29 is 4.42 Å². The summed E-state index contributed by atoms with van der Waals surface area (Å²) in [6, 6.07) is 53.6. The lowest BCUT2D eigenvalue weighted by molar-refractivity contribution is 0.666. The van der Waals surface area contributed by atoms with E-state index in [4.69, 9.17) is 24.4 Å². The van der Waals surface area contributed by atoms with Crippen LogP contribution in [0, 0.1) is 0 Å². The molecule has 0 saturated heterocycles. The van der Waals surface area contributed by atoms with Gasteiger partial charge < -0.3 is 4.42 Å². The Labute approximate surface area is 314 Å². The molecule has 2 aliphatic rings. The second-order valence-corrected chi connectivity index (χ2v) is 14.5. The molecular formula is C49H27N5O. The first kappa shape index (κ1) is 29.1. The van der Waals surface area contributed by atoms with Crippen LogP contribution in [0.3, 0.4) is 0 Å². The molecule has 0 N–H and O–H groups in total. The number of nitrogens with zero attached hydrogens (tertiary/aromatic N) is 5. The van der Waals surface area contributed by atoms with E-state index in [-0.39, 0.29) is 0 Å². The lowest BCUT2D eigenvalue weighted by Gasteiger charge is -2.37. The number of hydrogen-bond acceptors (Lipinski definition) is 5. The Bertz CT molecular complexity index is 3390. The molecule has 1 spiro atoms. The van der Waals surface area contributed by atoms with Gasteiger partial charge in [0.1, 0.15) is 16.8 Å². The van der Waals surface area contributed by atoms with E-state index in [1.807, 2.05) is 36.7 Å². The quantitative estimate of drug-likeness (QED) is 0.183. The highest BCUT2D eigenvalue weighted by Crippen LogP contribution is 2.61. The summed E-state index contributed by atoms with van der Waals surface area (Å²) in [6.07, 6.45) is 3.76. The zero-order valence-electron chi connectivity index (χ0n) is 29.2. The summed E-state index contributed by atoms with van der Waals surface area (Å²) >= 11 is 0.